The minimum Gasteiger partial charge on any atom is -0.399 e. The Balaban J connectivity index is 2.53. The molecule has 2 aromatic rings. The SMILES string of the molecule is Cc1ccc(-c2cc(N)ccc2N)cc1. The van der Waals surface area contributed by atoms with Gasteiger partial charge in [0, 0.05) is 16.9 Å². The van der Waals surface area contributed by atoms with Crippen molar-refractivity contribution in [3.8, 4) is 11.1 Å². The zero-order valence-corrected chi connectivity index (χ0v) is 8.70. The van der Waals surface area contributed by atoms with E-state index in [1.165, 1.54) is 5.56 Å². The van der Waals surface area contributed by atoms with E-state index in [4.69, 9.17) is 11.5 Å². The molecule has 0 unspecified atom stereocenters. The van der Waals surface area contributed by atoms with Crippen molar-refractivity contribution in [3.05, 3.63) is 48.0 Å². The Hall–Kier alpha value is -1.96. The molecule has 0 atom stereocenters. The van der Waals surface area contributed by atoms with Crippen molar-refractivity contribution in [3.63, 3.8) is 0 Å². The van der Waals surface area contributed by atoms with Crippen LogP contribution in [0.1, 0.15) is 5.56 Å². The van der Waals surface area contributed by atoms with E-state index >= 15 is 0 Å². The standard InChI is InChI=1S/C13H14N2/c1-9-2-4-10(5-3-9)12-8-11(14)6-7-13(12)15/h2-8H,14-15H2,1H3. The molecular weight excluding hydrogens is 184 g/mol. The zero-order valence-electron chi connectivity index (χ0n) is 8.70. The highest BCUT2D eigenvalue weighted by Gasteiger charge is 2.02. The van der Waals surface area contributed by atoms with Crippen LogP contribution in [0.4, 0.5) is 11.4 Å². The van der Waals surface area contributed by atoms with Crippen LogP contribution in [0.15, 0.2) is 42.5 Å². The molecule has 2 nitrogen and oxygen atoms in total. The Morgan fingerprint density at radius 1 is 0.867 bits per heavy atom. The summed E-state index contributed by atoms with van der Waals surface area (Å²) >= 11 is 0. The molecule has 2 heteroatoms. The number of hydrogen-bond acceptors (Lipinski definition) is 2. The van der Waals surface area contributed by atoms with Gasteiger partial charge in [0.15, 0.2) is 0 Å². The Morgan fingerprint density at radius 2 is 1.53 bits per heavy atom. The molecule has 0 aromatic heterocycles. The third kappa shape index (κ3) is 1.94. The van der Waals surface area contributed by atoms with E-state index in [-0.39, 0.29) is 0 Å². The van der Waals surface area contributed by atoms with E-state index in [2.05, 4.69) is 31.2 Å². The van der Waals surface area contributed by atoms with Crippen LogP contribution in [0.2, 0.25) is 0 Å². The number of hydrogen-bond donors (Lipinski definition) is 2. The molecule has 4 N–H and O–H groups in total. The number of anilines is 2. The fraction of sp³-hybridized carbons (Fsp3) is 0.0769. The number of aryl methyl sites for hydroxylation is 1. The van der Waals surface area contributed by atoms with Crippen molar-refractivity contribution in [2.24, 2.45) is 0 Å². The fourth-order valence-corrected chi connectivity index (χ4v) is 1.56. The third-order valence-corrected chi connectivity index (χ3v) is 2.44. The van der Waals surface area contributed by atoms with Gasteiger partial charge in [0.2, 0.25) is 0 Å². The maximum Gasteiger partial charge on any atom is 0.0395 e. The normalized spacial score (nSPS) is 10.2. The first-order valence-corrected chi connectivity index (χ1v) is 4.89. The van der Waals surface area contributed by atoms with Crippen LogP contribution in [-0.2, 0) is 0 Å². The molecular formula is C13H14N2. The van der Waals surface area contributed by atoms with Crippen LogP contribution in [0.3, 0.4) is 0 Å². The highest BCUT2D eigenvalue weighted by molar-refractivity contribution is 5.79. The molecule has 0 amide bonds. The summed E-state index contributed by atoms with van der Waals surface area (Å²) in [5.74, 6) is 0. The topological polar surface area (TPSA) is 52.0 Å². The van der Waals surface area contributed by atoms with Crippen LogP contribution < -0.4 is 11.5 Å². The molecule has 0 aliphatic heterocycles. The average Bonchev–Trinajstić information content (AvgIpc) is 2.23. The predicted molar refractivity (Wildman–Crippen MR) is 65.4 cm³/mol. The van der Waals surface area contributed by atoms with Gasteiger partial charge in [-0.25, -0.2) is 0 Å². The molecule has 0 aliphatic rings. The molecule has 76 valence electrons. The summed E-state index contributed by atoms with van der Waals surface area (Å²) < 4.78 is 0. The van der Waals surface area contributed by atoms with Crippen LogP contribution in [0, 0.1) is 6.92 Å². The van der Waals surface area contributed by atoms with Crippen molar-refractivity contribution in [2.45, 2.75) is 6.92 Å². The highest BCUT2D eigenvalue weighted by Crippen LogP contribution is 2.27. The summed E-state index contributed by atoms with van der Waals surface area (Å²) in [6, 6.07) is 13.8. The second-order valence-corrected chi connectivity index (χ2v) is 3.71. The van der Waals surface area contributed by atoms with Gasteiger partial charge in [-0.1, -0.05) is 29.8 Å². The zero-order chi connectivity index (χ0) is 10.8. The lowest BCUT2D eigenvalue weighted by atomic mass is 10.0. The molecule has 0 aliphatic carbocycles. The number of nitrogen functional groups attached to an aromatic ring is 2. The van der Waals surface area contributed by atoms with E-state index in [0.29, 0.717) is 0 Å². The molecule has 0 fully saturated rings. The average molecular weight is 198 g/mol. The van der Waals surface area contributed by atoms with Gasteiger partial charge in [-0.2, -0.15) is 0 Å². The third-order valence-electron chi connectivity index (χ3n) is 2.44. The summed E-state index contributed by atoms with van der Waals surface area (Å²) in [4.78, 5) is 0. The molecule has 2 rings (SSSR count). The van der Waals surface area contributed by atoms with E-state index in [0.717, 1.165) is 22.5 Å². The van der Waals surface area contributed by atoms with Gasteiger partial charge in [0.1, 0.15) is 0 Å². The van der Waals surface area contributed by atoms with E-state index < -0.39 is 0 Å². The van der Waals surface area contributed by atoms with E-state index in [1.807, 2.05) is 18.2 Å². The summed E-state index contributed by atoms with van der Waals surface area (Å²) in [5, 5.41) is 0. The van der Waals surface area contributed by atoms with E-state index in [1.54, 1.807) is 0 Å². The first kappa shape index (κ1) is 9.59. The van der Waals surface area contributed by atoms with Crippen LogP contribution in [0.25, 0.3) is 11.1 Å². The molecule has 15 heavy (non-hydrogen) atoms. The smallest absolute Gasteiger partial charge is 0.0395 e. The van der Waals surface area contributed by atoms with Gasteiger partial charge in [0.05, 0.1) is 0 Å². The molecule has 0 saturated carbocycles. The first-order chi connectivity index (χ1) is 7.16. The molecule has 0 spiro atoms. The van der Waals surface area contributed by atoms with Crippen molar-refractivity contribution in [2.75, 3.05) is 11.5 Å². The van der Waals surface area contributed by atoms with Crippen molar-refractivity contribution in [1.82, 2.24) is 0 Å². The molecule has 0 saturated heterocycles. The Kier molecular flexibility index (Phi) is 2.34. The second kappa shape index (κ2) is 3.65. The van der Waals surface area contributed by atoms with Gasteiger partial charge in [-0.3, -0.25) is 0 Å². The lowest BCUT2D eigenvalue weighted by Gasteiger charge is -2.07. The van der Waals surface area contributed by atoms with Gasteiger partial charge >= 0.3 is 0 Å². The van der Waals surface area contributed by atoms with Crippen LogP contribution in [0.5, 0.6) is 0 Å². The fourth-order valence-electron chi connectivity index (χ4n) is 1.56. The minimum atomic E-state index is 0.736. The van der Waals surface area contributed by atoms with Crippen molar-refractivity contribution >= 4 is 11.4 Å². The molecule has 0 radical (unpaired) electrons. The Morgan fingerprint density at radius 3 is 2.20 bits per heavy atom. The highest BCUT2D eigenvalue weighted by atomic mass is 14.6. The number of rotatable bonds is 1. The van der Waals surface area contributed by atoms with Gasteiger partial charge < -0.3 is 11.5 Å². The number of nitrogens with two attached hydrogens (primary N) is 2. The Labute approximate surface area is 89.5 Å². The maximum atomic E-state index is 5.90. The van der Waals surface area contributed by atoms with Crippen molar-refractivity contribution in [1.29, 1.82) is 0 Å². The lowest BCUT2D eigenvalue weighted by Crippen LogP contribution is -1.92. The minimum absolute atomic E-state index is 0.736. The lowest BCUT2D eigenvalue weighted by molar-refractivity contribution is 1.47. The first-order valence-electron chi connectivity index (χ1n) is 4.89. The number of benzene rings is 2. The van der Waals surface area contributed by atoms with E-state index in [9.17, 15) is 0 Å². The molecule has 0 bridgehead atoms. The summed E-state index contributed by atoms with van der Waals surface area (Å²) in [7, 11) is 0. The second-order valence-electron chi connectivity index (χ2n) is 3.71. The van der Waals surface area contributed by atoms with Gasteiger partial charge in [0.25, 0.3) is 0 Å². The monoisotopic (exact) mass is 198 g/mol. The van der Waals surface area contributed by atoms with Crippen molar-refractivity contribution < 1.29 is 0 Å². The predicted octanol–water partition coefficient (Wildman–Crippen LogP) is 2.83. The quantitative estimate of drug-likeness (QED) is 0.692. The van der Waals surface area contributed by atoms with Crippen LogP contribution in [-0.4, -0.2) is 0 Å². The van der Waals surface area contributed by atoms with Gasteiger partial charge in [-0.05, 0) is 30.7 Å². The molecule has 2 aromatic carbocycles. The van der Waals surface area contributed by atoms with Gasteiger partial charge in [-0.15, -0.1) is 0 Å². The summed E-state index contributed by atoms with van der Waals surface area (Å²) in [6.07, 6.45) is 0. The molecule has 0 heterocycles. The largest absolute Gasteiger partial charge is 0.399 e. The maximum absolute atomic E-state index is 5.90. The summed E-state index contributed by atoms with van der Waals surface area (Å²) in [6.45, 7) is 2.06. The Bertz CT molecular complexity index is 472. The summed E-state index contributed by atoms with van der Waals surface area (Å²) in [5.41, 5.74) is 16.5. The van der Waals surface area contributed by atoms with Crippen LogP contribution >= 0.6 is 0 Å².